The van der Waals surface area contributed by atoms with Gasteiger partial charge >= 0.3 is 5.97 Å². The maximum Gasteiger partial charge on any atom is 0.337 e. The highest BCUT2D eigenvalue weighted by atomic mass is 16.5. The summed E-state index contributed by atoms with van der Waals surface area (Å²) in [6.45, 7) is 5.53. The first-order valence-electron chi connectivity index (χ1n) is 5.20. The summed E-state index contributed by atoms with van der Waals surface area (Å²) in [5, 5.41) is 0. The van der Waals surface area contributed by atoms with E-state index in [0.717, 1.165) is 5.56 Å². The molecule has 0 heterocycles. The van der Waals surface area contributed by atoms with Crippen LogP contribution in [0.3, 0.4) is 0 Å². The van der Waals surface area contributed by atoms with Gasteiger partial charge in [-0.2, -0.15) is 0 Å². The lowest BCUT2D eigenvalue weighted by molar-refractivity contribution is 0.0600. The number of carbonyl (C=O) groups excluding carboxylic acids is 2. The molecule has 0 radical (unpaired) electrons. The highest BCUT2D eigenvalue weighted by Gasteiger charge is 2.14. The first-order chi connectivity index (χ1) is 7.47. The Labute approximate surface area is 95.4 Å². The Balaban J connectivity index is 3.28. The minimum Gasteiger partial charge on any atom is -0.465 e. The number of rotatable bonds is 3. The van der Waals surface area contributed by atoms with Crippen molar-refractivity contribution in [3.63, 3.8) is 0 Å². The van der Waals surface area contributed by atoms with Crippen LogP contribution in [0.2, 0.25) is 0 Å². The third-order valence-electron chi connectivity index (χ3n) is 2.48. The molecular formula is C13H16O3. The van der Waals surface area contributed by atoms with Gasteiger partial charge in [0.2, 0.25) is 0 Å². The van der Waals surface area contributed by atoms with Gasteiger partial charge in [-0.25, -0.2) is 4.79 Å². The molecule has 3 nitrogen and oxygen atoms in total. The third-order valence-corrected chi connectivity index (χ3v) is 2.48. The van der Waals surface area contributed by atoms with Gasteiger partial charge in [-0.1, -0.05) is 19.9 Å². The molecule has 0 atom stereocenters. The Morgan fingerprint density at radius 1 is 1.25 bits per heavy atom. The number of ether oxygens (including phenoxy) is 1. The summed E-state index contributed by atoms with van der Waals surface area (Å²) in [6, 6.07) is 5.10. The molecule has 1 rings (SSSR count). The number of methoxy groups -OCH3 is 1. The van der Waals surface area contributed by atoms with Crippen LogP contribution >= 0.6 is 0 Å². The molecule has 0 saturated heterocycles. The van der Waals surface area contributed by atoms with Crippen LogP contribution in [0.25, 0.3) is 0 Å². The monoisotopic (exact) mass is 220 g/mol. The Kier molecular flexibility index (Phi) is 3.82. The highest BCUT2D eigenvalue weighted by molar-refractivity contribution is 5.99. The van der Waals surface area contributed by atoms with Crippen LogP contribution in [0.4, 0.5) is 0 Å². The van der Waals surface area contributed by atoms with Crippen molar-refractivity contribution in [2.45, 2.75) is 26.7 Å². The van der Waals surface area contributed by atoms with Crippen molar-refractivity contribution in [1.82, 2.24) is 0 Å². The average molecular weight is 220 g/mol. The van der Waals surface area contributed by atoms with Crippen LogP contribution in [0, 0.1) is 0 Å². The van der Waals surface area contributed by atoms with E-state index in [9.17, 15) is 9.59 Å². The van der Waals surface area contributed by atoms with Gasteiger partial charge in [0.25, 0.3) is 0 Å². The summed E-state index contributed by atoms with van der Waals surface area (Å²) in [5.41, 5.74) is 1.97. The van der Waals surface area contributed by atoms with Crippen molar-refractivity contribution >= 4 is 11.8 Å². The number of carbonyl (C=O) groups is 2. The zero-order valence-electron chi connectivity index (χ0n) is 10.0. The molecule has 3 heteroatoms. The van der Waals surface area contributed by atoms with E-state index in [2.05, 4.69) is 4.74 Å². The first-order valence-corrected chi connectivity index (χ1v) is 5.20. The molecule has 0 amide bonds. The van der Waals surface area contributed by atoms with Gasteiger partial charge in [0.05, 0.1) is 12.7 Å². The Morgan fingerprint density at radius 2 is 1.88 bits per heavy atom. The molecule has 1 aromatic carbocycles. The maximum absolute atomic E-state index is 11.5. The lowest BCUT2D eigenvalue weighted by Crippen LogP contribution is -2.07. The van der Waals surface area contributed by atoms with E-state index in [1.165, 1.54) is 14.0 Å². The standard InChI is InChI=1S/C13H16O3/c1-8(2)11-6-5-10(13(15)16-4)7-12(11)9(3)14/h5-8H,1-4H3. The summed E-state index contributed by atoms with van der Waals surface area (Å²) in [7, 11) is 1.33. The smallest absolute Gasteiger partial charge is 0.337 e. The number of esters is 1. The molecule has 0 fully saturated rings. The SMILES string of the molecule is COC(=O)c1ccc(C(C)C)c(C(C)=O)c1. The van der Waals surface area contributed by atoms with Crippen LogP contribution < -0.4 is 0 Å². The largest absolute Gasteiger partial charge is 0.465 e. The fraction of sp³-hybridized carbons (Fsp3) is 0.385. The Morgan fingerprint density at radius 3 is 2.31 bits per heavy atom. The molecule has 1 aromatic rings. The minimum atomic E-state index is -0.419. The third kappa shape index (κ3) is 2.48. The van der Waals surface area contributed by atoms with E-state index in [1.807, 2.05) is 19.9 Å². The molecule has 0 unspecified atom stereocenters. The molecule has 0 saturated carbocycles. The normalized spacial score (nSPS) is 10.3. The van der Waals surface area contributed by atoms with Gasteiger partial charge in [-0.05, 0) is 30.5 Å². The zero-order chi connectivity index (χ0) is 12.3. The van der Waals surface area contributed by atoms with Crippen LogP contribution in [0.15, 0.2) is 18.2 Å². The number of ketones is 1. The van der Waals surface area contributed by atoms with Gasteiger partial charge in [-0.3, -0.25) is 4.79 Å². The van der Waals surface area contributed by atoms with Crippen molar-refractivity contribution < 1.29 is 14.3 Å². The van der Waals surface area contributed by atoms with Crippen molar-refractivity contribution in [3.8, 4) is 0 Å². The van der Waals surface area contributed by atoms with Gasteiger partial charge in [-0.15, -0.1) is 0 Å². The quantitative estimate of drug-likeness (QED) is 0.581. The number of Topliss-reactive ketones (excluding diaryl/α,β-unsaturated/α-hetero) is 1. The molecule has 16 heavy (non-hydrogen) atoms. The fourth-order valence-electron chi connectivity index (χ4n) is 1.61. The van der Waals surface area contributed by atoms with Crippen molar-refractivity contribution in [1.29, 1.82) is 0 Å². The van der Waals surface area contributed by atoms with Gasteiger partial charge in [0, 0.05) is 5.56 Å². The summed E-state index contributed by atoms with van der Waals surface area (Å²) < 4.78 is 4.62. The van der Waals surface area contributed by atoms with E-state index in [1.54, 1.807) is 12.1 Å². The number of hydrogen-bond acceptors (Lipinski definition) is 3. The van der Waals surface area contributed by atoms with E-state index in [0.29, 0.717) is 11.1 Å². The Hall–Kier alpha value is -1.64. The van der Waals surface area contributed by atoms with E-state index in [-0.39, 0.29) is 11.7 Å². The van der Waals surface area contributed by atoms with Crippen LogP contribution in [-0.2, 0) is 4.74 Å². The lowest BCUT2D eigenvalue weighted by Gasteiger charge is -2.11. The number of hydrogen-bond donors (Lipinski definition) is 0. The predicted octanol–water partition coefficient (Wildman–Crippen LogP) is 2.80. The second-order valence-electron chi connectivity index (χ2n) is 4.00. The molecule has 0 aliphatic carbocycles. The van der Waals surface area contributed by atoms with E-state index in [4.69, 9.17) is 0 Å². The lowest BCUT2D eigenvalue weighted by atomic mass is 9.93. The summed E-state index contributed by atoms with van der Waals surface area (Å²) in [6.07, 6.45) is 0. The average Bonchev–Trinajstić information content (AvgIpc) is 2.26. The van der Waals surface area contributed by atoms with E-state index < -0.39 is 5.97 Å². The molecule has 0 aliphatic rings. The van der Waals surface area contributed by atoms with E-state index >= 15 is 0 Å². The zero-order valence-corrected chi connectivity index (χ0v) is 10.0. The highest BCUT2D eigenvalue weighted by Crippen LogP contribution is 2.21. The maximum atomic E-state index is 11.5. The predicted molar refractivity (Wildman–Crippen MR) is 61.9 cm³/mol. The van der Waals surface area contributed by atoms with Crippen LogP contribution in [0.1, 0.15) is 53.0 Å². The fourth-order valence-corrected chi connectivity index (χ4v) is 1.61. The summed E-state index contributed by atoms with van der Waals surface area (Å²) in [5.74, 6) is -0.196. The molecule has 0 N–H and O–H groups in total. The van der Waals surface area contributed by atoms with Gasteiger partial charge < -0.3 is 4.74 Å². The molecule has 0 aliphatic heterocycles. The second kappa shape index (κ2) is 4.92. The van der Waals surface area contributed by atoms with Gasteiger partial charge in [0.15, 0.2) is 5.78 Å². The van der Waals surface area contributed by atoms with Crippen molar-refractivity contribution in [2.75, 3.05) is 7.11 Å². The summed E-state index contributed by atoms with van der Waals surface area (Å²) in [4.78, 5) is 22.8. The topological polar surface area (TPSA) is 43.4 Å². The molecule has 86 valence electrons. The second-order valence-corrected chi connectivity index (χ2v) is 4.00. The first kappa shape index (κ1) is 12.4. The molecular weight excluding hydrogens is 204 g/mol. The van der Waals surface area contributed by atoms with Crippen molar-refractivity contribution in [2.24, 2.45) is 0 Å². The molecule has 0 aromatic heterocycles. The summed E-state index contributed by atoms with van der Waals surface area (Å²) >= 11 is 0. The van der Waals surface area contributed by atoms with Gasteiger partial charge in [0.1, 0.15) is 0 Å². The molecule has 0 spiro atoms. The molecule has 0 bridgehead atoms. The Bertz CT molecular complexity index is 419. The van der Waals surface area contributed by atoms with Crippen LogP contribution in [0.5, 0.6) is 0 Å². The van der Waals surface area contributed by atoms with Crippen LogP contribution in [-0.4, -0.2) is 18.9 Å². The number of benzene rings is 1. The minimum absolute atomic E-state index is 0.0329. The van der Waals surface area contributed by atoms with Crippen molar-refractivity contribution in [3.05, 3.63) is 34.9 Å².